The Kier molecular flexibility index (Phi) is 3.93. The fourth-order valence-electron chi connectivity index (χ4n) is 1.02. The van der Waals surface area contributed by atoms with Crippen molar-refractivity contribution in [3.63, 3.8) is 0 Å². The minimum absolute atomic E-state index is 0.590. The fraction of sp³-hybridized carbons (Fsp3) is 0.154. The zero-order valence-electron chi connectivity index (χ0n) is 8.27. The molecule has 0 aromatic heterocycles. The zero-order chi connectivity index (χ0) is 10.4. The van der Waals surface area contributed by atoms with E-state index in [1.807, 2.05) is 36.4 Å². The van der Waals surface area contributed by atoms with E-state index in [4.69, 9.17) is 0 Å². The highest BCUT2D eigenvalue weighted by atomic mass is 16.3. The maximum atomic E-state index is 9.55. The standard InChI is InChI=1S/C13H14O/c1-3-11(2)13(14)10-9-12-7-5-4-6-8-12/h4-10,13-14H,1H2,2H3/b10-9+. The summed E-state index contributed by atoms with van der Waals surface area (Å²) in [5.41, 5.74) is 4.47. The van der Waals surface area contributed by atoms with Crippen LogP contribution in [0.2, 0.25) is 0 Å². The molecule has 0 aliphatic heterocycles. The molecule has 1 nitrogen and oxygen atoms in total. The summed E-state index contributed by atoms with van der Waals surface area (Å²) >= 11 is 0. The molecule has 1 aromatic rings. The van der Waals surface area contributed by atoms with E-state index in [0.717, 1.165) is 11.1 Å². The van der Waals surface area contributed by atoms with Crippen LogP contribution in [-0.2, 0) is 0 Å². The lowest BCUT2D eigenvalue weighted by molar-refractivity contribution is 0.260. The van der Waals surface area contributed by atoms with Gasteiger partial charge in [0.25, 0.3) is 0 Å². The van der Waals surface area contributed by atoms with E-state index in [1.165, 1.54) is 0 Å². The molecule has 1 unspecified atom stereocenters. The van der Waals surface area contributed by atoms with Crippen LogP contribution in [0.5, 0.6) is 0 Å². The van der Waals surface area contributed by atoms with Gasteiger partial charge >= 0.3 is 0 Å². The Hall–Kier alpha value is -1.56. The highest BCUT2D eigenvalue weighted by molar-refractivity contribution is 5.50. The van der Waals surface area contributed by atoms with Crippen LogP contribution in [0.25, 0.3) is 6.08 Å². The van der Waals surface area contributed by atoms with Crippen molar-refractivity contribution in [1.82, 2.24) is 0 Å². The number of hydrogen-bond donors (Lipinski definition) is 1. The van der Waals surface area contributed by atoms with Crippen molar-refractivity contribution >= 4 is 6.08 Å². The molecule has 0 spiro atoms. The van der Waals surface area contributed by atoms with Crippen LogP contribution in [0.1, 0.15) is 12.5 Å². The van der Waals surface area contributed by atoms with Gasteiger partial charge in [0.1, 0.15) is 6.10 Å². The monoisotopic (exact) mass is 186 g/mol. The Morgan fingerprint density at radius 2 is 2.07 bits per heavy atom. The number of aliphatic hydroxyl groups is 1. The van der Waals surface area contributed by atoms with Crippen LogP contribution in [0, 0.1) is 0 Å². The molecule has 0 aliphatic rings. The molecule has 14 heavy (non-hydrogen) atoms. The van der Waals surface area contributed by atoms with Gasteiger partial charge in [-0.05, 0) is 12.5 Å². The van der Waals surface area contributed by atoms with E-state index in [0.29, 0.717) is 0 Å². The molecule has 1 aromatic carbocycles. The number of benzene rings is 1. The van der Waals surface area contributed by atoms with Crippen molar-refractivity contribution in [2.45, 2.75) is 13.0 Å². The molecule has 0 amide bonds. The molecular weight excluding hydrogens is 172 g/mol. The lowest BCUT2D eigenvalue weighted by atomic mass is 10.1. The van der Waals surface area contributed by atoms with Crippen LogP contribution in [-0.4, -0.2) is 11.2 Å². The van der Waals surface area contributed by atoms with Gasteiger partial charge in [0.15, 0.2) is 0 Å². The van der Waals surface area contributed by atoms with E-state index >= 15 is 0 Å². The maximum absolute atomic E-state index is 9.55. The summed E-state index contributed by atoms with van der Waals surface area (Å²) in [4.78, 5) is 0. The largest absolute Gasteiger partial charge is 0.384 e. The van der Waals surface area contributed by atoms with E-state index < -0.39 is 6.10 Å². The molecule has 1 heteroatoms. The van der Waals surface area contributed by atoms with Gasteiger partial charge < -0.3 is 5.11 Å². The Bertz CT molecular complexity index is 356. The summed E-state index contributed by atoms with van der Waals surface area (Å²) in [5.74, 6) is 0. The first kappa shape index (κ1) is 10.5. The Balaban J connectivity index is 2.70. The van der Waals surface area contributed by atoms with E-state index in [1.54, 1.807) is 13.0 Å². The molecule has 0 saturated heterocycles. The quantitative estimate of drug-likeness (QED) is 0.720. The van der Waals surface area contributed by atoms with Gasteiger partial charge in [0, 0.05) is 5.57 Å². The molecule has 72 valence electrons. The van der Waals surface area contributed by atoms with Crippen LogP contribution in [0.4, 0.5) is 0 Å². The van der Waals surface area contributed by atoms with Crippen molar-refractivity contribution in [3.05, 3.63) is 59.9 Å². The minimum Gasteiger partial charge on any atom is -0.384 e. The Morgan fingerprint density at radius 1 is 1.43 bits per heavy atom. The summed E-state index contributed by atoms with van der Waals surface area (Å²) in [7, 11) is 0. The minimum atomic E-state index is -0.590. The molecule has 0 aliphatic carbocycles. The topological polar surface area (TPSA) is 20.2 Å². The molecule has 0 saturated carbocycles. The molecular formula is C13H14O. The van der Waals surface area contributed by atoms with Gasteiger partial charge in [0.05, 0.1) is 0 Å². The highest BCUT2D eigenvalue weighted by Crippen LogP contribution is 2.05. The van der Waals surface area contributed by atoms with Crippen molar-refractivity contribution in [1.29, 1.82) is 0 Å². The van der Waals surface area contributed by atoms with Gasteiger partial charge in [-0.3, -0.25) is 0 Å². The molecule has 0 radical (unpaired) electrons. The van der Waals surface area contributed by atoms with Crippen LogP contribution in [0.15, 0.2) is 54.3 Å². The molecule has 1 N–H and O–H groups in total. The molecule has 1 atom stereocenters. The molecule has 0 bridgehead atoms. The summed E-state index contributed by atoms with van der Waals surface area (Å²) in [6.07, 6.45) is 3.02. The lowest BCUT2D eigenvalue weighted by Crippen LogP contribution is -2.01. The summed E-state index contributed by atoms with van der Waals surface area (Å²) < 4.78 is 0. The SMILES string of the molecule is C=C=C(C)C(O)/C=C/c1ccccc1. The van der Waals surface area contributed by atoms with Gasteiger partial charge in [-0.2, -0.15) is 0 Å². The van der Waals surface area contributed by atoms with Crippen LogP contribution < -0.4 is 0 Å². The van der Waals surface area contributed by atoms with Crippen molar-refractivity contribution < 1.29 is 5.11 Å². The Morgan fingerprint density at radius 3 is 2.64 bits per heavy atom. The number of aliphatic hydroxyl groups excluding tert-OH is 1. The number of hydrogen-bond acceptors (Lipinski definition) is 1. The van der Waals surface area contributed by atoms with E-state index in [-0.39, 0.29) is 0 Å². The average Bonchev–Trinajstić information content (AvgIpc) is 2.26. The third-order valence-electron chi connectivity index (χ3n) is 1.99. The van der Waals surface area contributed by atoms with Gasteiger partial charge in [0.2, 0.25) is 0 Å². The van der Waals surface area contributed by atoms with Gasteiger partial charge in [-0.15, -0.1) is 5.73 Å². The van der Waals surface area contributed by atoms with E-state index in [9.17, 15) is 5.11 Å². The smallest absolute Gasteiger partial charge is 0.101 e. The first-order valence-electron chi connectivity index (χ1n) is 4.52. The van der Waals surface area contributed by atoms with Crippen LogP contribution in [0.3, 0.4) is 0 Å². The Labute approximate surface area is 84.7 Å². The summed E-state index contributed by atoms with van der Waals surface area (Å²) in [6, 6.07) is 9.85. The predicted octanol–water partition coefficient (Wildman–Crippen LogP) is 2.79. The fourth-order valence-corrected chi connectivity index (χ4v) is 1.02. The first-order valence-corrected chi connectivity index (χ1v) is 4.52. The normalized spacial score (nSPS) is 12.4. The van der Waals surface area contributed by atoms with Crippen LogP contribution >= 0.6 is 0 Å². The lowest BCUT2D eigenvalue weighted by Gasteiger charge is -2.02. The summed E-state index contributed by atoms with van der Waals surface area (Å²) in [6.45, 7) is 5.28. The van der Waals surface area contributed by atoms with Crippen molar-refractivity contribution in [2.24, 2.45) is 0 Å². The molecule has 1 rings (SSSR count). The zero-order valence-corrected chi connectivity index (χ0v) is 8.27. The highest BCUT2D eigenvalue weighted by Gasteiger charge is 1.98. The average molecular weight is 186 g/mol. The number of rotatable bonds is 3. The predicted molar refractivity (Wildman–Crippen MR) is 59.8 cm³/mol. The molecule has 0 heterocycles. The second-order valence-corrected chi connectivity index (χ2v) is 3.07. The summed E-state index contributed by atoms with van der Waals surface area (Å²) in [5, 5.41) is 9.55. The molecule has 0 fully saturated rings. The van der Waals surface area contributed by atoms with Gasteiger partial charge in [-0.1, -0.05) is 49.1 Å². The van der Waals surface area contributed by atoms with Crippen molar-refractivity contribution in [3.8, 4) is 0 Å². The van der Waals surface area contributed by atoms with Crippen molar-refractivity contribution in [2.75, 3.05) is 0 Å². The second kappa shape index (κ2) is 5.23. The second-order valence-electron chi connectivity index (χ2n) is 3.07. The first-order chi connectivity index (χ1) is 6.74. The van der Waals surface area contributed by atoms with Gasteiger partial charge in [-0.25, -0.2) is 0 Å². The third kappa shape index (κ3) is 3.06. The van der Waals surface area contributed by atoms with E-state index in [2.05, 4.69) is 12.3 Å². The third-order valence-corrected chi connectivity index (χ3v) is 1.99. The maximum Gasteiger partial charge on any atom is 0.101 e.